The highest BCUT2D eigenvalue weighted by Gasteiger charge is 2.12. The number of rotatable bonds is 4. The predicted octanol–water partition coefficient (Wildman–Crippen LogP) is 4.88. The molecular weight excluding hydrogens is 355 g/mol. The molecule has 0 radical (unpaired) electrons. The van der Waals surface area contributed by atoms with E-state index in [1.54, 1.807) is 18.2 Å². The molecule has 0 spiro atoms. The molecule has 132 valence electrons. The van der Waals surface area contributed by atoms with E-state index in [2.05, 4.69) is 20.6 Å². The van der Waals surface area contributed by atoms with Crippen LogP contribution in [0.1, 0.15) is 21.5 Å². The number of hydrogen-bond donors (Lipinski definition) is 2. The Morgan fingerprint density at radius 3 is 2.35 bits per heavy atom. The SMILES string of the molecule is Cc1cc(C)c(NC(=O)c2cnc(Nc3ccc(F)cc3)nc2)c(Cl)c1. The van der Waals surface area contributed by atoms with E-state index in [0.717, 1.165) is 11.1 Å². The third kappa shape index (κ3) is 4.15. The molecule has 1 aromatic heterocycles. The van der Waals surface area contributed by atoms with E-state index in [4.69, 9.17) is 11.6 Å². The van der Waals surface area contributed by atoms with Crippen LogP contribution in [0, 0.1) is 19.7 Å². The van der Waals surface area contributed by atoms with Crippen molar-refractivity contribution < 1.29 is 9.18 Å². The predicted molar refractivity (Wildman–Crippen MR) is 101 cm³/mol. The first-order chi connectivity index (χ1) is 12.4. The number of benzene rings is 2. The number of carbonyl (C=O) groups is 1. The van der Waals surface area contributed by atoms with Crippen LogP contribution in [-0.2, 0) is 0 Å². The smallest absolute Gasteiger partial charge is 0.258 e. The first-order valence-electron chi connectivity index (χ1n) is 7.85. The van der Waals surface area contributed by atoms with Crippen LogP contribution in [0.3, 0.4) is 0 Å². The molecule has 0 aliphatic heterocycles. The van der Waals surface area contributed by atoms with Gasteiger partial charge in [-0.1, -0.05) is 17.7 Å². The summed E-state index contributed by atoms with van der Waals surface area (Å²) >= 11 is 6.21. The number of anilines is 3. The van der Waals surface area contributed by atoms with Gasteiger partial charge in [-0.2, -0.15) is 0 Å². The number of carbonyl (C=O) groups excluding carboxylic acids is 1. The second-order valence-electron chi connectivity index (χ2n) is 5.82. The molecule has 0 aliphatic rings. The van der Waals surface area contributed by atoms with E-state index in [1.807, 2.05) is 19.9 Å². The minimum absolute atomic E-state index is 0.297. The van der Waals surface area contributed by atoms with Gasteiger partial charge < -0.3 is 10.6 Å². The second kappa shape index (κ2) is 7.49. The first kappa shape index (κ1) is 17.8. The molecule has 26 heavy (non-hydrogen) atoms. The molecule has 0 saturated carbocycles. The molecule has 0 bridgehead atoms. The Labute approximate surface area is 155 Å². The van der Waals surface area contributed by atoms with Crippen LogP contribution in [0.2, 0.25) is 5.02 Å². The van der Waals surface area contributed by atoms with E-state index in [-0.39, 0.29) is 11.7 Å². The summed E-state index contributed by atoms with van der Waals surface area (Å²) in [7, 11) is 0. The Hall–Kier alpha value is -2.99. The summed E-state index contributed by atoms with van der Waals surface area (Å²) in [6.07, 6.45) is 2.82. The molecule has 0 unspecified atom stereocenters. The van der Waals surface area contributed by atoms with Crippen LogP contribution < -0.4 is 10.6 Å². The molecule has 2 aromatic carbocycles. The van der Waals surface area contributed by atoms with Gasteiger partial charge in [-0.25, -0.2) is 14.4 Å². The quantitative estimate of drug-likeness (QED) is 0.686. The van der Waals surface area contributed by atoms with Gasteiger partial charge in [-0.15, -0.1) is 0 Å². The Kier molecular flexibility index (Phi) is 5.14. The van der Waals surface area contributed by atoms with Crippen molar-refractivity contribution in [2.24, 2.45) is 0 Å². The van der Waals surface area contributed by atoms with Crippen LogP contribution in [0.15, 0.2) is 48.8 Å². The number of aromatic nitrogens is 2. The van der Waals surface area contributed by atoms with Gasteiger partial charge in [0.15, 0.2) is 0 Å². The molecular formula is C19H16ClFN4O. The Morgan fingerprint density at radius 2 is 1.73 bits per heavy atom. The van der Waals surface area contributed by atoms with E-state index in [1.165, 1.54) is 24.5 Å². The van der Waals surface area contributed by atoms with Crippen molar-refractivity contribution in [3.8, 4) is 0 Å². The van der Waals surface area contributed by atoms with Crippen molar-refractivity contribution in [1.82, 2.24) is 9.97 Å². The van der Waals surface area contributed by atoms with Gasteiger partial charge in [0.25, 0.3) is 5.91 Å². The summed E-state index contributed by atoms with van der Waals surface area (Å²) in [6.45, 7) is 3.81. The summed E-state index contributed by atoms with van der Waals surface area (Å²) in [4.78, 5) is 20.6. The molecule has 0 fully saturated rings. The van der Waals surface area contributed by atoms with E-state index in [0.29, 0.717) is 27.9 Å². The summed E-state index contributed by atoms with van der Waals surface area (Å²) in [5, 5.41) is 6.19. The van der Waals surface area contributed by atoms with Gasteiger partial charge in [0, 0.05) is 18.1 Å². The van der Waals surface area contributed by atoms with Crippen LogP contribution >= 0.6 is 11.6 Å². The van der Waals surface area contributed by atoms with E-state index >= 15 is 0 Å². The highest BCUT2D eigenvalue weighted by molar-refractivity contribution is 6.34. The summed E-state index contributed by atoms with van der Waals surface area (Å²) in [5.74, 6) is -0.376. The zero-order chi connectivity index (χ0) is 18.7. The summed E-state index contributed by atoms with van der Waals surface area (Å²) in [6, 6.07) is 9.53. The van der Waals surface area contributed by atoms with Gasteiger partial charge in [0.2, 0.25) is 5.95 Å². The fourth-order valence-corrected chi connectivity index (χ4v) is 2.80. The maximum atomic E-state index is 12.9. The van der Waals surface area contributed by atoms with Crippen LogP contribution in [0.25, 0.3) is 0 Å². The van der Waals surface area contributed by atoms with Gasteiger partial charge >= 0.3 is 0 Å². The number of nitrogens with zero attached hydrogens (tertiary/aromatic N) is 2. The van der Waals surface area contributed by atoms with Crippen molar-refractivity contribution in [3.63, 3.8) is 0 Å². The van der Waals surface area contributed by atoms with Crippen molar-refractivity contribution in [2.45, 2.75) is 13.8 Å². The van der Waals surface area contributed by atoms with Gasteiger partial charge in [-0.3, -0.25) is 4.79 Å². The number of amides is 1. The summed E-state index contributed by atoms with van der Waals surface area (Å²) < 4.78 is 12.9. The normalized spacial score (nSPS) is 10.5. The van der Waals surface area contributed by atoms with Crippen LogP contribution in [0.4, 0.5) is 21.7 Å². The minimum atomic E-state index is -0.354. The largest absolute Gasteiger partial charge is 0.324 e. The van der Waals surface area contributed by atoms with Crippen molar-refractivity contribution >= 4 is 34.8 Å². The molecule has 2 N–H and O–H groups in total. The maximum Gasteiger partial charge on any atom is 0.258 e. The van der Waals surface area contributed by atoms with Gasteiger partial charge in [0.05, 0.1) is 16.3 Å². The molecule has 7 heteroatoms. The molecule has 3 rings (SSSR count). The Bertz CT molecular complexity index is 920. The third-order valence-corrected chi connectivity index (χ3v) is 3.98. The average molecular weight is 371 g/mol. The molecule has 0 aliphatic carbocycles. The lowest BCUT2D eigenvalue weighted by atomic mass is 10.1. The van der Waals surface area contributed by atoms with Crippen LogP contribution in [0.5, 0.6) is 0 Å². The zero-order valence-corrected chi connectivity index (χ0v) is 14.9. The molecule has 1 amide bonds. The second-order valence-corrected chi connectivity index (χ2v) is 6.23. The molecule has 0 atom stereocenters. The first-order valence-corrected chi connectivity index (χ1v) is 8.23. The van der Waals surface area contributed by atoms with Crippen molar-refractivity contribution in [1.29, 1.82) is 0 Å². The van der Waals surface area contributed by atoms with Gasteiger partial charge in [0.1, 0.15) is 5.82 Å². The van der Waals surface area contributed by atoms with E-state index < -0.39 is 0 Å². The van der Waals surface area contributed by atoms with Crippen molar-refractivity contribution in [2.75, 3.05) is 10.6 Å². The molecule has 0 saturated heterocycles. The monoisotopic (exact) mass is 370 g/mol. The number of hydrogen-bond acceptors (Lipinski definition) is 4. The topological polar surface area (TPSA) is 66.9 Å². The molecule has 1 heterocycles. The van der Waals surface area contributed by atoms with Gasteiger partial charge in [-0.05, 0) is 55.3 Å². The Balaban J connectivity index is 1.72. The zero-order valence-electron chi connectivity index (χ0n) is 14.2. The standard InChI is InChI=1S/C19H16ClFN4O/c1-11-7-12(2)17(16(20)8-11)25-18(26)13-9-22-19(23-10-13)24-15-5-3-14(21)4-6-15/h3-10H,1-2H3,(H,25,26)(H,22,23,24). The lowest BCUT2D eigenvalue weighted by Gasteiger charge is -2.11. The van der Waals surface area contributed by atoms with Crippen molar-refractivity contribution in [3.05, 3.63) is 76.3 Å². The third-order valence-electron chi connectivity index (χ3n) is 3.68. The fourth-order valence-electron chi connectivity index (χ4n) is 2.43. The van der Waals surface area contributed by atoms with Crippen LogP contribution in [-0.4, -0.2) is 15.9 Å². The fraction of sp³-hybridized carbons (Fsp3) is 0.105. The lowest BCUT2D eigenvalue weighted by molar-refractivity contribution is 0.102. The number of nitrogens with one attached hydrogen (secondary N) is 2. The Morgan fingerprint density at radius 1 is 1.08 bits per heavy atom. The highest BCUT2D eigenvalue weighted by atomic mass is 35.5. The maximum absolute atomic E-state index is 12.9. The average Bonchev–Trinajstić information content (AvgIpc) is 2.60. The molecule has 5 nitrogen and oxygen atoms in total. The highest BCUT2D eigenvalue weighted by Crippen LogP contribution is 2.27. The van der Waals surface area contributed by atoms with E-state index in [9.17, 15) is 9.18 Å². The number of halogens is 2. The molecule has 3 aromatic rings. The number of aryl methyl sites for hydroxylation is 2. The lowest BCUT2D eigenvalue weighted by Crippen LogP contribution is -2.14. The summed E-state index contributed by atoms with van der Waals surface area (Å²) in [5.41, 5.74) is 3.40. The minimum Gasteiger partial charge on any atom is -0.324 e.